The molecule has 0 radical (unpaired) electrons. The van der Waals surface area contributed by atoms with Crippen molar-refractivity contribution in [2.75, 3.05) is 38.2 Å². The van der Waals surface area contributed by atoms with E-state index in [9.17, 15) is 4.79 Å². The number of aromatic nitrogens is 1. The normalized spacial score (nSPS) is 15.0. The predicted molar refractivity (Wildman–Crippen MR) is 87.9 cm³/mol. The maximum Gasteiger partial charge on any atom is 0.219 e. The molecule has 1 aromatic carbocycles. The van der Waals surface area contributed by atoms with Crippen LogP contribution in [0, 0.1) is 0 Å². The number of ether oxygens (including phenoxy) is 1. The molecular weight excluding hydrogens is 310 g/mol. The molecule has 21 heavy (non-hydrogen) atoms. The number of amides is 1. The smallest absolute Gasteiger partial charge is 0.219 e. The van der Waals surface area contributed by atoms with E-state index in [2.05, 4.69) is 9.88 Å². The highest BCUT2D eigenvalue weighted by Gasteiger charge is 2.21. The molecule has 1 aliphatic rings. The first-order valence-electron chi connectivity index (χ1n) is 6.62. The number of carbonyl (C=O) groups is 1. The fourth-order valence-corrected chi connectivity index (χ4v) is 3.37. The van der Waals surface area contributed by atoms with Crippen LogP contribution in [0.5, 0.6) is 5.75 Å². The van der Waals surface area contributed by atoms with E-state index in [0.29, 0.717) is 0 Å². The maximum atomic E-state index is 11.3. The van der Waals surface area contributed by atoms with Crippen LogP contribution in [0.1, 0.15) is 6.92 Å². The molecule has 0 bridgehead atoms. The van der Waals surface area contributed by atoms with Crippen molar-refractivity contribution in [2.24, 2.45) is 0 Å². The first-order chi connectivity index (χ1) is 9.67. The van der Waals surface area contributed by atoms with Crippen molar-refractivity contribution >= 4 is 45.0 Å². The van der Waals surface area contributed by atoms with Crippen molar-refractivity contribution in [1.82, 2.24) is 9.88 Å². The predicted octanol–water partition coefficient (Wildman–Crippen LogP) is 2.40. The highest BCUT2D eigenvalue weighted by atomic mass is 35.5. The third-order valence-electron chi connectivity index (χ3n) is 3.58. The van der Waals surface area contributed by atoms with Gasteiger partial charge in [-0.15, -0.1) is 12.4 Å². The Morgan fingerprint density at radius 2 is 2.00 bits per heavy atom. The van der Waals surface area contributed by atoms with Crippen molar-refractivity contribution in [3.05, 3.63) is 18.2 Å². The van der Waals surface area contributed by atoms with Gasteiger partial charge in [-0.2, -0.15) is 0 Å². The number of thiazole rings is 1. The minimum absolute atomic E-state index is 0. The second-order valence-electron chi connectivity index (χ2n) is 4.82. The van der Waals surface area contributed by atoms with E-state index >= 15 is 0 Å². The summed E-state index contributed by atoms with van der Waals surface area (Å²) in [6.45, 7) is 4.86. The molecule has 0 atom stereocenters. The molecule has 0 spiro atoms. The number of nitrogens with zero attached hydrogens (tertiary/aromatic N) is 3. The van der Waals surface area contributed by atoms with Gasteiger partial charge < -0.3 is 14.5 Å². The molecule has 5 nitrogen and oxygen atoms in total. The van der Waals surface area contributed by atoms with Gasteiger partial charge in [0.2, 0.25) is 5.91 Å². The number of rotatable bonds is 2. The summed E-state index contributed by atoms with van der Waals surface area (Å²) in [5.74, 6) is 0.981. The van der Waals surface area contributed by atoms with E-state index in [1.807, 2.05) is 23.1 Å². The Labute approximate surface area is 133 Å². The van der Waals surface area contributed by atoms with Gasteiger partial charge in [-0.05, 0) is 12.1 Å². The average Bonchev–Trinajstić information content (AvgIpc) is 2.90. The molecule has 1 fully saturated rings. The zero-order valence-electron chi connectivity index (χ0n) is 12.0. The molecule has 1 amide bonds. The van der Waals surface area contributed by atoms with Crippen LogP contribution in [-0.4, -0.2) is 49.1 Å². The van der Waals surface area contributed by atoms with Gasteiger partial charge in [0, 0.05) is 39.2 Å². The molecule has 1 aromatic heterocycles. The lowest BCUT2D eigenvalue weighted by atomic mass is 10.3. The van der Waals surface area contributed by atoms with Crippen LogP contribution >= 0.6 is 23.7 Å². The van der Waals surface area contributed by atoms with Gasteiger partial charge in [0.25, 0.3) is 0 Å². The van der Waals surface area contributed by atoms with E-state index in [1.165, 1.54) is 0 Å². The first-order valence-corrected chi connectivity index (χ1v) is 7.44. The average molecular weight is 328 g/mol. The van der Waals surface area contributed by atoms with Crippen molar-refractivity contribution in [2.45, 2.75) is 6.92 Å². The Morgan fingerprint density at radius 3 is 2.62 bits per heavy atom. The Kier molecular flexibility index (Phi) is 4.90. The number of benzene rings is 1. The second kappa shape index (κ2) is 6.49. The van der Waals surface area contributed by atoms with Crippen molar-refractivity contribution in [1.29, 1.82) is 0 Å². The zero-order valence-corrected chi connectivity index (χ0v) is 13.7. The Balaban J connectivity index is 0.00000161. The molecule has 2 heterocycles. The van der Waals surface area contributed by atoms with E-state index in [0.717, 1.165) is 47.3 Å². The van der Waals surface area contributed by atoms with Gasteiger partial charge in [-0.1, -0.05) is 11.3 Å². The van der Waals surface area contributed by atoms with Crippen molar-refractivity contribution in [3.8, 4) is 5.75 Å². The number of anilines is 1. The van der Waals surface area contributed by atoms with Crippen molar-refractivity contribution in [3.63, 3.8) is 0 Å². The van der Waals surface area contributed by atoms with Crippen LogP contribution in [0.25, 0.3) is 10.2 Å². The molecule has 3 rings (SSSR count). The number of piperazine rings is 1. The van der Waals surface area contributed by atoms with Gasteiger partial charge >= 0.3 is 0 Å². The van der Waals surface area contributed by atoms with Gasteiger partial charge in [-0.3, -0.25) is 4.79 Å². The lowest BCUT2D eigenvalue weighted by Gasteiger charge is -2.33. The number of fused-ring (bicyclic) bond motifs is 1. The van der Waals surface area contributed by atoms with Gasteiger partial charge in [0.1, 0.15) is 5.75 Å². The van der Waals surface area contributed by atoms with Gasteiger partial charge in [0.05, 0.1) is 17.3 Å². The van der Waals surface area contributed by atoms with Crippen LogP contribution in [-0.2, 0) is 4.79 Å². The summed E-state index contributed by atoms with van der Waals surface area (Å²) >= 11 is 1.69. The van der Waals surface area contributed by atoms with Crippen LogP contribution in [0.4, 0.5) is 5.13 Å². The summed E-state index contributed by atoms with van der Waals surface area (Å²) < 4.78 is 6.39. The highest BCUT2D eigenvalue weighted by Crippen LogP contribution is 2.31. The minimum atomic E-state index is 0. The molecule has 1 saturated heterocycles. The SMILES string of the molecule is COc1ccc2sc(N3CCN(C(C)=O)CC3)nc2c1.Cl. The standard InChI is InChI=1S/C14H17N3O2S.ClH/c1-10(18)16-5-7-17(8-6-16)14-15-12-9-11(19-2)3-4-13(12)20-14;/h3-4,9H,5-8H2,1-2H3;1H. The Morgan fingerprint density at radius 1 is 1.29 bits per heavy atom. The summed E-state index contributed by atoms with van der Waals surface area (Å²) in [6, 6.07) is 5.96. The van der Waals surface area contributed by atoms with E-state index in [1.54, 1.807) is 25.4 Å². The Hall–Kier alpha value is -1.53. The third kappa shape index (κ3) is 3.22. The summed E-state index contributed by atoms with van der Waals surface area (Å²) in [7, 11) is 1.66. The molecule has 1 aliphatic heterocycles. The molecule has 114 valence electrons. The first kappa shape index (κ1) is 15.9. The van der Waals surface area contributed by atoms with Crippen LogP contribution < -0.4 is 9.64 Å². The van der Waals surface area contributed by atoms with Crippen LogP contribution in [0.15, 0.2) is 18.2 Å². The fraction of sp³-hybridized carbons (Fsp3) is 0.429. The van der Waals surface area contributed by atoms with Crippen LogP contribution in [0.2, 0.25) is 0 Å². The summed E-state index contributed by atoms with van der Waals surface area (Å²) in [4.78, 5) is 20.1. The number of hydrogen-bond acceptors (Lipinski definition) is 5. The lowest BCUT2D eigenvalue weighted by Crippen LogP contribution is -2.48. The molecular formula is C14H18ClN3O2S. The number of hydrogen-bond donors (Lipinski definition) is 0. The zero-order chi connectivity index (χ0) is 14.1. The monoisotopic (exact) mass is 327 g/mol. The summed E-state index contributed by atoms with van der Waals surface area (Å²) in [5.41, 5.74) is 0.971. The Bertz CT molecular complexity index is 638. The quantitative estimate of drug-likeness (QED) is 0.849. The number of halogens is 1. The maximum absolute atomic E-state index is 11.3. The van der Waals surface area contributed by atoms with E-state index in [4.69, 9.17) is 4.74 Å². The fourth-order valence-electron chi connectivity index (χ4n) is 2.37. The highest BCUT2D eigenvalue weighted by molar-refractivity contribution is 7.22. The molecule has 0 N–H and O–H groups in total. The summed E-state index contributed by atoms with van der Waals surface area (Å²) in [6.07, 6.45) is 0. The largest absolute Gasteiger partial charge is 0.497 e. The van der Waals surface area contributed by atoms with Crippen molar-refractivity contribution < 1.29 is 9.53 Å². The van der Waals surface area contributed by atoms with Gasteiger partial charge in [-0.25, -0.2) is 4.98 Å². The summed E-state index contributed by atoms with van der Waals surface area (Å²) in [5, 5.41) is 1.02. The molecule has 0 aliphatic carbocycles. The topological polar surface area (TPSA) is 45.7 Å². The van der Waals surface area contributed by atoms with Gasteiger partial charge in [0.15, 0.2) is 5.13 Å². The second-order valence-corrected chi connectivity index (χ2v) is 5.83. The number of carbonyl (C=O) groups excluding carboxylic acids is 1. The minimum Gasteiger partial charge on any atom is -0.497 e. The van der Waals surface area contributed by atoms with E-state index in [-0.39, 0.29) is 18.3 Å². The lowest BCUT2D eigenvalue weighted by molar-refractivity contribution is -0.129. The molecule has 2 aromatic rings. The van der Waals surface area contributed by atoms with Crippen LogP contribution in [0.3, 0.4) is 0 Å². The molecule has 0 saturated carbocycles. The molecule has 0 unspecified atom stereocenters. The molecule has 7 heteroatoms. The third-order valence-corrected chi connectivity index (χ3v) is 4.68. The number of methoxy groups -OCH3 is 1. The van der Waals surface area contributed by atoms with E-state index < -0.39 is 0 Å².